The van der Waals surface area contributed by atoms with Crippen molar-refractivity contribution in [3.05, 3.63) is 0 Å². The van der Waals surface area contributed by atoms with Gasteiger partial charge in [0.25, 0.3) is 0 Å². The van der Waals surface area contributed by atoms with Gasteiger partial charge in [-0.1, -0.05) is 20.8 Å². The molecule has 1 atom stereocenters. The quantitative estimate of drug-likeness (QED) is 0.512. The molecule has 0 saturated carbocycles. The summed E-state index contributed by atoms with van der Waals surface area (Å²) in [5.41, 5.74) is 0. The molecule has 0 rings (SSSR count). The zero-order valence-electron chi connectivity index (χ0n) is 11.6. The van der Waals surface area contributed by atoms with E-state index in [1.54, 1.807) is 0 Å². The Kier molecular flexibility index (Phi) is 12.2. The fourth-order valence-electron chi connectivity index (χ4n) is 1.41. The summed E-state index contributed by atoms with van der Waals surface area (Å²) in [5.74, 6) is 0.573. The fraction of sp³-hybridized carbons (Fsp3) is 1.00. The number of nitrogens with one attached hydrogen (secondary N) is 1. The predicted octanol–water partition coefficient (Wildman–Crippen LogP) is 1.43. The van der Waals surface area contributed by atoms with Crippen LogP contribution in [-0.2, 0) is 9.47 Å². The first-order valence-electron chi connectivity index (χ1n) is 6.70. The summed E-state index contributed by atoms with van der Waals surface area (Å²) in [6, 6.07) is 0.255. The maximum atomic E-state index is 8.92. The third-order valence-electron chi connectivity index (χ3n) is 2.30. The summed E-state index contributed by atoms with van der Waals surface area (Å²) in [5, 5.41) is 12.3. The van der Waals surface area contributed by atoms with E-state index in [0.717, 1.165) is 26.0 Å². The first-order chi connectivity index (χ1) is 8.20. The van der Waals surface area contributed by atoms with Gasteiger partial charge in [-0.05, 0) is 25.3 Å². The summed E-state index contributed by atoms with van der Waals surface area (Å²) >= 11 is 0. The highest BCUT2D eigenvalue weighted by atomic mass is 16.5. The Morgan fingerprint density at radius 2 is 1.76 bits per heavy atom. The molecule has 0 bridgehead atoms. The Bertz CT molecular complexity index is 154. The zero-order chi connectivity index (χ0) is 12.9. The van der Waals surface area contributed by atoms with Gasteiger partial charge in [0.15, 0.2) is 0 Å². The summed E-state index contributed by atoms with van der Waals surface area (Å²) in [7, 11) is 0. The molecule has 0 saturated heterocycles. The van der Waals surface area contributed by atoms with E-state index in [1.165, 1.54) is 0 Å². The molecule has 0 spiro atoms. The molecular formula is C13H29NO3. The van der Waals surface area contributed by atoms with Gasteiger partial charge in [-0.15, -0.1) is 0 Å². The summed E-state index contributed by atoms with van der Waals surface area (Å²) in [6.07, 6.45) is 1.84. The van der Waals surface area contributed by atoms with Crippen molar-refractivity contribution in [3.8, 4) is 0 Å². The van der Waals surface area contributed by atoms with E-state index in [-0.39, 0.29) is 12.6 Å². The van der Waals surface area contributed by atoms with Crippen LogP contribution >= 0.6 is 0 Å². The first-order valence-corrected chi connectivity index (χ1v) is 6.70. The monoisotopic (exact) mass is 247 g/mol. The Labute approximate surface area is 106 Å². The van der Waals surface area contributed by atoms with Crippen molar-refractivity contribution in [3.63, 3.8) is 0 Å². The number of ether oxygens (including phenoxy) is 2. The molecular weight excluding hydrogens is 218 g/mol. The van der Waals surface area contributed by atoms with Gasteiger partial charge >= 0.3 is 0 Å². The van der Waals surface area contributed by atoms with E-state index in [2.05, 4.69) is 26.1 Å². The molecule has 0 aromatic heterocycles. The minimum Gasteiger partial charge on any atom is -0.396 e. The Hall–Kier alpha value is -0.160. The van der Waals surface area contributed by atoms with Gasteiger partial charge in [-0.25, -0.2) is 0 Å². The molecule has 2 N–H and O–H groups in total. The molecule has 0 fully saturated rings. The van der Waals surface area contributed by atoms with Gasteiger partial charge in [-0.3, -0.25) is 0 Å². The highest BCUT2D eigenvalue weighted by Gasteiger charge is 2.06. The van der Waals surface area contributed by atoms with Crippen molar-refractivity contribution in [1.29, 1.82) is 0 Å². The van der Waals surface area contributed by atoms with Gasteiger partial charge in [0, 0.05) is 19.3 Å². The lowest BCUT2D eigenvalue weighted by molar-refractivity contribution is 0.0281. The van der Waals surface area contributed by atoms with E-state index in [4.69, 9.17) is 14.6 Å². The molecule has 1 unspecified atom stereocenters. The van der Waals surface area contributed by atoms with Crippen LogP contribution in [0.5, 0.6) is 0 Å². The molecule has 0 radical (unpaired) electrons. The molecule has 0 aliphatic rings. The Balaban J connectivity index is 3.40. The van der Waals surface area contributed by atoms with Crippen LogP contribution in [0.1, 0.15) is 33.6 Å². The lowest BCUT2D eigenvalue weighted by atomic mass is 10.2. The molecule has 17 heavy (non-hydrogen) atoms. The van der Waals surface area contributed by atoms with Crippen molar-refractivity contribution in [2.24, 2.45) is 5.92 Å². The van der Waals surface area contributed by atoms with Gasteiger partial charge in [0.2, 0.25) is 0 Å². The van der Waals surface area contributed by atoms with Crippen molar-refractivity contribution < 1.29 is 14.6 Å². The molecule has 0 aromatic rings. The fourth-order valence-corrected chi connectivity index (χ4v) is 1.41. The third-order valence-corrected chi connectivity index (χ3v) is 2.30. The van der Waals surface area contributed by atoms with Crippen molar-refractivity contribution in [2.75, 3.05) is 39.6 Å². The largest absolute Gasteiger partial charge is 0.396 e. The van der Waals surface area contributed by atoms with Gasteiger partial charge < -0.3 is 19.9 Å². The van der Waals surface area contributed by atoms with Crippen molar-refractivity contribution >= 4 is 0 Å². The second-order valence-corrected chi connectivity index (χ2v) is 4.71. The van der Waals surface area contributed by atoms with E-state index in [9.17, 15) is 0 Å². The number of rotatable bonds is 12. The summed E-state index contributed by atoms with van der Waals surface area (Å²) < 4.78 is 11.0. The first kappa shape index (κ1) is 16.8. The third kappa shape index (κ3) is 12.1. The second kappa shape index (κ2) is 12.3. The van der Waals surface area contributed by atoms with Gasteiger partial charge in [0.1, 0.15) is 0 Å². The molecule has 0 aliphatic carbocycles. The van der Waals surface area contributed by atoms with Crippen molar-refractivity contribution in [2.45, 2.75) is 39.7 Å². The highest BCUT2D eigenvalue weighted by molar-refractivity contribution is 4.64. The minimum absolute atomic E-state index is 0.203. The highest BCUT2D eigenvalue weighted by Crippen LogP contribution is 1.95. The molecule has 4 heteroatoms. The zero-order valence-corrected chi connectivity index (χ0v) is 11.6. The van der Waals surface area contributed by atoms with Gasteiger partial charge in [0.05, 0.1) is 19.8 Å². The Morgan fingerprint density at radius 1 is 1.12 bits per heavy atom. The van der Waals surface area contributed by atoms with Crippen LogP contribution in [0.4, 0.5) is 0 Å². The number of hydrogen-bond donors (Lipinski definition) is 2. The van der Waals surface area contributed by atoms with Crippen LogP contribution in [0.3, 0.4) is 0 Å². The second-order valence-electron chi connectivity index (χ2n) is 4.71. The molecule has 0 amide bonds. The van der Waals surface area contributed by atoms with Crippen LogP contribution in [0, 0.1) is 5.92 Å². The molecule has 0 aromatic carbocycles. The van der Waals surface area contributed by atoms with Gasteiger partial charge in [-0.2, -0.15) is 0 Å². The average Bonchev–Trinajstić information content (AvgIpc) is 2.29. The standard InChI is InChI=1S/C13H29NO3/c1-4-6-14-13(5-7-15)11-17-9-8-16-10-12(2)3/h12-15H,4-11H2,1-3H3. The normalized spacial score (nSPS) is 13.2. The maximum Gasteiger partial charge on any atom is 0.0701 e. The lowest BCUT2D eigenvalue weighted by Crippen LogP contribution is -2.35. The smallest absolute Gasteiger partial charge is 0.0701 e. The van der Waals surface area contributed by atoms with Crippen LogP contribution < -0.4 is 5.32 Å². The average molecular weight is 247 g/mol. The van der Waals surface area contributed by atoms with Crippen molar-refractivity contribution in [1.82, 2.24) is 5.32 Å². The van der Waals surface area contributed by atoms with Crippen LogP contribution in [0.15, 0.2) is 0 Å². The number of aliphatic hydroxyl groups excluding tert-OH is 1. The lowest BCUT2D eigenvalue weighted by Gasteiger charge is -2.17. The predicted molar refractivity (Wildman–Crippen MR) is 70.3 cm³/mol. The molecule has 104 valence electrons. The molecule has 0 heterocycles. The van der Waals surface area contributed by atoms with Crippen LogP contribution in [0.25, 0.3) is 0 Å². The number of aliphatic hydroxyl groups is 1. The van der Waals surface area contributed by atoms with E-state index < -0.39 is 0 Å². The van der Waals surface area contributed by atoms with Crippen LogP contribution in [-0.4, -0.2) is 50.7 Å². The maximum absolute atomic E-state index is 8.92. The van der Waals surface area contributed by atoms with E-state index >= 15 is 0 Å². The van der Waals surface area contributed by atoms with Crippen LogP contribution in [0.2, 0.25) is 0 Å². The number of hydrogen-bond acceptors (Lipinski definition) is 4. The minimum atomic E-state index is 0.203. The SMILES string of the molecule is CCCNC(CCO)COCCOCC(C)C. The topological polar surface area (TPSA) is 50.7 Å². The molecule has 0 aliphatic heterocycles. The Morgan fingerprint density at radius 3 is 2.29 bits per heavy atom. The van der Waals surface area contributed by atoms with E-state index in [1.807, 2.05) is 0 Å². The summed E-state index contributed by atoms with van der Waals surface area (Å²) in [6.45, 7) is 10.3. The summed E-state index contributed by atoms with van der Waals surface area (Å²) in [4.78, 5) is 0. The van der Waals surface area contributed by atoms with E-state index in [0.29, 0.717) is 25.7 Å². The molecule has 4 nitrogen and oxygen atoms in total.